The molecule has 28 heavy (non-hydrogen) atoms. The number of amides is 1. The van der Waals surface area contributed by atoms with Gasteiger partial charge in [0.2, 0.25) is 5.91 Å². The second kappa shape index (κ2) is 7.23. The molecule has 3 heterocycles. The number of hydrogen-bond acceptors (Lipinski definition) is 4. The van der Waals surface area contributed by atoms with Crippen LogP contribution in [0.15, 0.2) is 54.9 Å². The molecule has 0 aliphatic heterocycles. The molecule has 0 unspecified atom stereocenters. The topological polar surface area (TPSA) is 72.7 Å². The van der Waals surface area contributed by atoms with Crippen molar-refractivity contribution >= 4 is 22.8 Å². The Balaban J connectivity index is 1.67. The SMILES string of the molecule is Cc1cccc(-c2ccnc3c2c(C)nn3CC(=O)Nc2cc(C)ccn2)c1. The standard InChI is InChI=1S/C22H21N5O/c1-14-5-4-6-17(11-14)18-8-10-24-22-21(18)16(3)26-27(22)13-20(28)25-19-12-15(2)7-9-23-19/h4-12H,13H2,1-3H3,(H,23,25,28). The average molecular weight is 371 g/mol. The lowest BCUT2D eigenvalue weighted by Gasteiger charge is -2.07. The monoisotopic (exact) mass is 371 g/mol. The number of anilines is 1. The minimum atomic E-state index is -0.190. The van der Waals surface area contributed by atoms with Gasteiger partial charge in [-0.05, 0) is 55.7 Å². The molecule has 4 rings (SSSR count). The number of rotatable bonds is 4. The van der Waals surface area contributed by atoms with E-state index in [4.69, 9.17) is 0 Å². The van der Waals surface area contributed by atoms with Crippen LogP contribution in [0.4, 0.5) is 5.82 Å². The molecule has 140 valence electrons. The predicted molar refractivity (Wildman–Crippen MR) is 110 cm³/mol. The van der Waals surface area contributed by atoms with Gasteiger partial charge in [0.15, 0.2) is 5.65 Å². The molecule has 6 nitrogen and oxygen atoms in total. The minimum absolute atomic E-state index is 0.0736. The summed E-state index contributed by atoms with van der Waals surface area (Å²) in [6.45, 7) is 6.05. The van der Waals surface area contributed by atoms with E-state index in [0.717, 1.165) is 27.8 Å². The van der Waals surface area contributed by atoms with E-state index in [-0.39, 0.29) is 12.5 Å². The molecule has 1 amide bonds. The molecule has 0 spiro atoms. The Morgan fingerprint density at radius 3 is 2.57 bits per heavy atom. The normalized spacial score (nSPS) is 11.0. The van der Waals surface area contributed by atoms with Crippen LogP contribution in [0.1, 0.15) is 16.8 Å². The molecule has 0 radical (unpaired) electrons. The second-order valence-corrected chi connectivity index (χ2v) is 6.94. The maximum absolute atomic E-state index is 12.5. The van der Waals surface area contributed by atoms with E-state index in [2.05, 4.69) is 45.5 Å². The van der Waals surface area contributed by atoms with Gasteiger partial charge in [0.25, 0.3) is 0 Å². The summed E-state index contributed by atoms with van der Waals surface area (Å²) in [6, 6.07) is 14.0. The van der Waals surface area contributed by atoms with Gasteiger partial charge in [-0.15, -0.1) is 0 Å². The third kappa shape index (κ3) is 3.49. The van der Waals surface area contributed by atoms with Crippen molar-refractivity contribution in [1.29, 1.82) is 0 Å². The summed E-state index contributed by atoms with van der Waals surface area (Å²) in [7, 11) is 0. The first kappa shape index (κ1) is 17.9. The van der Waals surface area contributed by atoms with Gasteiger partial charge in [0.1, 0.15) is 12.4 Å². The molecular weight excluding hydrogens is 350 g/mol. The number of pyridine rings is 2. The fourth-order valence-corrected chi connectivity index (χ4v) is 3.37. The summed E-state index contributed by atoms with van der Waals surface area (Å²) in [5.41, 5.74) is 5.96. The number of nitrogens with one attached hydrogen (secondary N) is 1. The van der Waals surface area contributed by atoms with Gasteiger partial charge in [-0.1, -0.05) is 29.8 Å². The summed E-state index contributed by atoms with van der Waals surface area (Å²) in [6.07, 6.45) is 3.44. The average Bonchev–Trinajstić information content (AvgIpc) is 2.97. The van der Waals surface area contributed by atoms with Crippen LogP contribution < -0.4 is 5.32 Å². The van der Waals surface area contributed by atoms with Crippen molar-refractivity contribution in [3.63, 3.8) is 0 Å². The molecule has 0 saturated carbocycles. The Morgan fingerprint density at radius 2 is 1.79 bits per heavy atom. The highest BCUT2D eigenvalue weighted by Gasteiger charge is 2.16. The number of carbonyl (C=O) groups is 1. The highest BCUT2D eigenvalue weighted by molar-refractivity contribution is 5.96. The maximum atomic E-state index is 12.5. The van der Waals surface area contributed by atoms with Crippen LogP contribution >= 0.6 is 0 Å². The molecule has 3 aromatic heterocycles. The van der Waals surface area contributed by atoms with Crippen LogP contribution in [0, 0.1) is 20.8 Å². The first-order valence-corrected chi connectivity index (χ1v) is 9.13. The van der Waals surface area contributed by atoms with Crippen LogP contribution in [0.5, 0.6) is 0 Å². The molecule has 0 aliphatic rings. The lowest BCUT2D eigenvalue weighted by molar-refractivity contribution is -0.116. The lowest BCUT2D eigenvalue weighted by Crippen LogP contribution is -2.20. The van der Waals surface area contributed by atoms with Crippen molar-refractivity contribution < 1.29 is 4.79 Å². The number of benzene rings is 1. The van der Waals surface area contributed by atoms with E-state index < -0.39 is 0 Å². The second-order valence-electron chi connectivity index (χ2n) is 6.94. The Morgan fingerprint density at radius 1 is 1.00 bits per heavy atom. The molecule has 4 aromatic rings. The van der Waals surface area contributed by atoms with E-state index >= 15 is 0 Å². The van der Waals surface area contributed by atoms with Crippen molar-refractivity contribution in [3.05, 3.63) is 71.7 Å². The van der Waals surface area contributed by atoms with Crippen LogP contribution in [0.2, 0.25) is 0 Å². The quantitative estimate of drug-likeness (QED) is 0.587. The van der Waals surface area contributed by atoms with Crippen LogP contribution in [0.25, 0.3) is 22.2 Å². The molecule has 1 aromatic carbocycles. The van der Waals surface area contributed by atoms with E-state index in [0.29, 0.717) is 11.5 Å². The molecule has 0 bridgehead atoms. The molecular formula is C22H21N5O. The number of fused-ring (bicyclic) bond motifs is 1. The van der Waals surface area contributed by atoms with E-state index in [1.807, 2.05) is 38.1 Å². The fraction of sp³-hybridized carbons (Fsp3) is 0.182. The van der Waals surface area contributed by atoms with Crippen LogP contribution in [-0.4, -0.2) is 25.7 Å². The highest BCUT2D eigenvalue weighted by Crippen LogP contribution is 2.30. The third-order valence-electron chi connectivity index (χ3n) is 4.61. The van der Waals surface area contributed by atoms with Crippen LogP contribution in [-0.2, 0) is 11.3 Å². The van der Waals surface area contributed by atoms with Gasteiger partial charge in [-0.2, -0.15) is 5.10 Å². The zero-order chi connectivity index (χ0) is 19.7. The van der Waals surface area contributed by atoms with E-state index in [1.54, 1.807) is 17.1 Å². The van der Waals surface area contributed by atoms with Crippen molar-refractivity contribution in [1.82, 2.24) is 19.7 Å². The van der Waals surface area contributed by atoms with Gasteiger partial charge in [0.05, 0.1) is 5.69 Å². The molecule has 0 aliphatic carbocycles. The summed E-state index contributed by atoms with van der Waals surface area (Å²) >= 11 is 0. The third-order valence-corrected chi connectivity index (χ3v) is 4.61. The molecule has 6 heteroatoms. The zero-order valence-electron chi connectivity index (χ0n) is 16.1. The Bertz CT molecular complexity index is 1180. The lowest BCUT2D eigenvalue weighted by atomic mass is 10.0. The summed E-state index contributed by atoms with van der Waals surface area (Å²) in [5.74, 6) is 0.344. The maximum Gasteiger partial charge on any atom is 0.247 e. The molecule has 0 atom stereocenters. The van der Waals surface area contributed by atoms with Gasteiger partial charge in [0, 0.05) is 17.8 Å². The minimum Gasteiger partial charge on any atom is -0.309 e. The number of aromatic nitrogens is 4. The van der Waals surface area contributed by atoms with Gasteiger partial charge in [-0.25, -0.2) is 14.6 Å². The summed E-state index contributed by atoms with van der Waals surface area (Å²) < 4.78 is 1.65. The summed E-state index contributed by atoms with van der Waals surface area (Å²) in [5, 5.41) is 8.36. The Kier molecular flexibility index (Phi) is 4.61. The Labute approximate surface area is 163 Å². The predicted octanol–water partition coefficient (Wildman–Crippen LogP) is 4.06. The summed E-state index contributed by atoms with van der Waals surface area (Å²) in [4.78, 5) is 21.2. The first-order chi connectivity index (χ1) is 13.5. The van der Waals surface area contributed by atoms with Crippen molar-refractivity contribution in [2.24, 2.45) is 0 Å². The highest BCUT2D eigenvalue weighted by atomic mass is 16.2. The van der Waals surface area contributed by atoms with Crippen molar-refractivity contribution in [2.45, 2.75) is 27.3 Å². The number of carbonyl (C=O) groups excluding carboxylic acids is 1. The molecule has 0 saturated heterocycles. The largest absolute Gasteiger partial charge is 0.309 e. The zero-order valence-corrected chi connectivity index (χ0v) is 16.1. The van der Waals surface area contributed by atoms with E-state index in [9.17, 15) is 4.79 Å². The van der Waals surface area contributed by atoms with E-state index in [1.165, 1.54) is 5.56 Å². The molecule has 1 N–H and O–H groups in total. The van der Waals surface area contributed by atoms with Crippen molar-refractivity contribution in [2.75, 3.05) is 5.32 Å². The fourth-order valence-electron chi connectivity index (χ4n) is 3.37. The van der Waals surface area contributed by atoms with Gasteiger partial charge < -0.3 is 5.32 Å². The Hall–Kier alpha value is -3.54. The first-order valence-electron chi connectivity index (χ1n) is 9.13. The van der Waals surface area contributed by atoms with Crippen molar-refractivity contribution in [3.8, 4) is 11.1 Å². The van der Waals surface area contributed by atoms with Gasteiger partial charge in [-0.3, -0.25) is 4.79 Å². The number of nitrogens with zero attached hydrogens (tertiary/aromatic N) is 4. The number of aryl methyl sites for hydroxylation is 3. The van der Waals surface area contributed by atoms with Crippen LogP contribution in [0.3, 0.4) is 0 Å². The smallest absolute Gasteiger partial charge is 0.247 e. The number of hydrogen-bond donors (Lipinski definition) is 1. The molecule has 0 fully saturated rings. The van der Waals surface area contributed by atoms with Gasteiger partial charge >= 0.3 is 0 Å².